The van der Waals surface area contributed by atoms with Gasteiger partial charge in [0.15, 0.2) is 0 Å². The molecule has 2 atom stereocenters. The number of furan rings is 1. The van der Waals surface area contributed by atoms with E-state index in [0.29, 0.717) is 0 Å². The molecule has 3 nitrogen and oxygen atoms in total. The van der Waals surface area contributed by atoms with Crippen LogP contribution in [0, 0.1) is 6.92 Å². The lowest BCUT2D eigenvalue weighted by molar-refractivity contribution is 0.195. The predicted octanol–water partition coefficient (Wildman–Crippen LogP) is 9.69. The minimum atomic E-state index is 0.0190. The number of para-hydroxylation sites is 1. The van der Waals surface area contributed by atoms with Crippen LogP contribution in [-0.4, -0.2) is 12.3 Å². The molecule has 0 radical (unpaired) electrons. The van der Waals surface area contributed by atoms with Crippen molar-refractivity contribution < 1.29 is 4.42 Å². The van der Waals surface area contributed by atoms with Crippen molar-refractivity contribution in [3.05, 3.63) is 95.1 Å². The summed E-state index contributed by atoms with van der Waals surface area (Å²) in [6.45, 7) is 21.2. The van der Waals surface area contributed by atoms with Crippen LogP contribution in [0.1, 0.15) is 103 Å². The van der Waals surface area contributed by atoms with Crippen molar-refractivity contribution in [1.29, 1.82) is 0 Å². The number of hydrogen-bond donors (Lipinski definition) is 0. The van der Waals surface area contributed by atoms with Crippen LogP contribution in [0.15, 0.2) is 77.2 Å². The Morgan fingerprint density at radius 3 is 2.15 bits per heavy atom. The van der Waals surface area contributed by atoms with Crippen molar-refractivity contribution in [2.75, 3.05) is 9.80 Å². The molecule has 3 aliphatic heterocycles. The number of anilines is 5. The van der Waals surface area contributed by atoms with E-state index in [-0.39, 0.29) is 28.5 Å². The fourth-order valence-corrected chi connectivity index (χ4v) is 9.75. The van der Waals surface area contributed by atoms with Crippen LogP contribution in [0.4, 0.5) is 28.4 Å². The monoisotopic (exact) mass is 618 g/mol. The van der Waals surface area contributed by atoms with E-state index in [1.807, 2.05) is 0 Å². The van der Waals surface area contributed by atoms with Gasteiger partial charge in [0.2, 0.25) is 0 Å². The summed E-state index contributed by atoms with van der Waals surface area (Å²) in [7, 11) is 0. The van der Waals surface area contributed by atoms with E-state index in [2.05, 4.69) is 145 Å². The van der Waals surface area contributed by atoms with Gasteiger partial charge in [0.25, 0.3) is 6.71 Å². The third kappa shape index (κ3) is 3.71. The Balaban J connectivity index is 1.40. The summed E-state index contributed by atoms with van der Waals surface area (Å²) in [5, 5.41) is 1.20. The lowest BCUT2D eigenvalue weighted by atomic mass is 9.35. The van der Waals surface area contributed by atoms with Crippen LogP contribution < -0.4 is 26.4 Å². The number of nitrogens with zero attached hydrogens (tertiary/aromatic N) is 2. The van der Waals surface area contributed by atoms with E-state index >= 15 is 0 Å². The summed E-state index contributed by atoms with van der Waals surface area (Å²) in [6.07, 6.45) is 5.00. The summed E-state index contributed by atoms with van der Waals surface area (Å²) in [6, 6.07) is 28.3. The summed E-state index contributed by atoms with van der Waals surface area (Å²) in [4.78, 5) is 5.33. The zero-order chi connectivity index (χ0) is 32.8. The zero-order valence-corrected chi connectivity index (χ0v) is 29.6. The highest BCUT2D eigenvalue weighted by atomic mass is 16.3. The topological polar surface area (TPSA) is 19.6 Å². The van der Waals surface area contributed by atoms with E-state index in [9.17, 15) is 0 Å². The maximum Gasteiger partial charge on any atom is 0.297 e. The first-order valence-corrected chi connectivity index (χ1v) is 17.8. The minimum absolute atomic E-state index is 0.0190. The number of aryl methyl sites for hydroxylation is 1. The smallest absolute Gasteiger partial charge is 0.297 e. The van der Waals surface area contributed by atoms with Crippen molar-refractivity contribution in [2.45, 2.75) is 110 Å². The Morgan fingerprint density at radius 1 is 0.745 bits per heavy atom. The Kier molecular flexibility index (Phi) is 5.70. The van der Waals surface area contributed by atoms with Crippen LogP contribution in [0.25, 0.3) is 11.0 Å². The summed E-state index contributed by atoms with van der Waals surface area (Å²) in [5.74, 6) is 0. The predicted molar refractivity (Wildman–Crippen MR) is 200 cm³/mol. The molecule has 0 bridgehead atoms. The highest BCUT2D eigenvalue weighted by Crippen LogP contribution is 2.61. The van der Waals surface area contributed by atoms with Gasteiger partial charge in [0, 0.05) is 33.6 Å². The van der Waals surface area contributed by atoms with Crippen molar-refractivity contribution in [3.8, 4) is 0 Å². The molecule has 0 N–H and O–H groups in total. The molecule has 1 aliphatic carbocycles. The van der Waals surface area contributed by atoms with Crippen LogP contribution >= 0.6 is 0 Å². The molecule has 1 fully saturated rings. The number of fused-ring (bicyclic) bond motifs is 9. The molecule has 47 heavy (non-hydrogen) atoms. The standard InChI is InChI=1S/C43H47BN2O/c1-26-23-33-36-34(24-26)46-38-31(42(8)21-10-11-22-43(42,46)9)13-12-14-32(38)44(36)39-37(30-25-28(41(5,6)7)17-20-35(30)47-39)45(33)29-18-15-27(16-19-29)40(2,3)4/h12-20,23-25H,10-11,21-22H2,1-9H3. The highest BCUT2D eigenvalue weighted by molar-refractivity contribution is 7.00. The zero-order valence-electron chi connectivity index (χ0n) is 29.6. The molecule has 5 aromatic rings. The average Bonchev–Trinajstić information content (AvgIpc) is 3.49. The second-order valence-electron chi connectivity index (χ2n) is 17.4. The third-order valence-corrected chi connectivity index (χ3v) is 12.6. The van der Waals surface area contributed by atoms with Crippen molar-refractivity contribution in [3.63, 3.8) is 0 Å². The van der Waals surface area contributed by atoms with Gasteiger partial charge >= 0.3 is 0 Å². The van der Waals surface area contributed by atoms with E-state index in [1.165, 1.54) is 92.7 Å². The van der Waals surface area contributed by atoms with Gasteiger partial charge in [-0.3, -0.25) is 0 Å². The van der Waals surface area contributed by atoms with E-state index in [4.69, 9.17) is 4.42 Å². The van der Waals surface area contributed by atoms with Crippen molar-refractivity contribution in [1.82, 2.24) is 0 Å². The first kappa shape index (κ1) is 29.2. The molecule has 0 amide bonds. The van der Waals surface area contributed by atoms with E-state index < -0.39 is 0 Å². The van der Waals surface area contributed by atoms with Gasteiger partial charge in [-0.2, -0.15) is 0 Å². The molecular weight excluding hydrogens is 571 g/mol. The van der Waals surface area contributed by atoms with Gasteiger partial charge in [0.1, 0.15) is 5.58 Å². The molecule has 1 saturated carbocycles. The van der Waals surface area contributed by atoms with Gasteiger partial charge in [-0.1, -0.05) is 97.7 Å². The molecule has 4 aliphatic rings. The molecule has 0 spiro atoms. The van der Waals surface area contributed by atoms with Crippen LogP contribution in [0.3, 0.4) is 0 Å². The van der Waals surface area contributed by atoms with Crippen LogP contribution in [-0.2, 0) is 16.2 Å². The van der Waals surface area contributed by atoms with Gasteiger partial charge < -0.3 is 14.2 Å². The second-order valence-corrected chi connectivity index (χ2v) is 17.4. The molecule has 0 saturated heterocycles. The lowest BCUT2D eigenvalue weighted by Crippen LogP contribution is -2.64. The first-order chi connectivity index (χ1) is 22.2. The largest absolute Gasteiger partial charge is 0.468 e. The molecular formula is C43H47BN2O. The van der Waals surface area contributed by atoms with Crippen molar-refractivity contribution >= 4 is 62.7 Å². The van der Waals surface area contributed by atoms with Gasteiger partial charge in [-0.05, 0) is 107 Å². The Hall–Kier alpha value is -3.92. The summed E-state index contributed by atoms with van der Waals surface area (Å²) >= 11 is 0. The quantitative estimate of drug-likeness (QED) is 0.171. The Bertz CT molecular complexity index is 2130. The van der Waals surface area contributed by atoms with Gasteiger partial charge in [-0.15, -0.1) is 0 Å². The third-order valence-electron chi connectivity index (χ3n) is 12.6. The number of benzene rings is 4. The second kappa shape index (κ2) is 9.16. The molecule has 4 heteroatoms. The molecule has 4 heterocycles. The molecule has 2 unspecified atom stereocenters. The number of rotatable bonds is 1. The summed E-state index contributed by atoms with van der Waals surface area (Å²) in [5.41, 5.74) is 17.0. The fraction of sp³-hybridized carbons (Fsp3) is 0.395. The van der Waals surface area contributed by atoms with E-state index in [0.717, 1.165) is 11.2 Å². The van der Waals surface area contributed by atoms with Crippen molar-refractivity contribution in [2.24, 2.45) is 0 Å². The SMILES string of the molecule is Cc1cc2c3c(c1)N1c4c(cccc4C4(C)CCCCC14C)B3c1oc3ccc(C(C)(C)C)cc3c1N2c1ccc(C(C)(C)C)cc1. The molecule has 1 aromatic heterocycles. The Labute approximate surface area is 281 Å². The average molecular weight is 619 g/mol. The number of hydrogen-bond acceptors (Lipinski definition) is 3. The lowest BCUT2D eigenvalue weighted by Gasteiger charge is -2.52. The molecule has 9 rings (SSSR count). The minimum Gasteiger partial charge on any atom is -0.468 e. The maximum absolute atomic E-state index is 7.13. The molecule has 4 aromatic carbocycles. The maximum atomic E-state index is 7.13. The first-order valence-electron chi connectivity index (χ1n) is 17.8. The van der Waals surface area contributed by atoms with Crippen LogP contribution in [0.2, 0.25) is 0 Å². The molecule has 238 valence electrons. The van der Waals surface area contributed by atoms with Gasteiger partial charge in [-0.25, -0.2) is 0 Å². The van der Waals surface area contributed by atoms with Crippen LogP contribution in [0.5, 0.6) is 0 Å². The Morgan fingerprint density at radius 2 is 1.43 bits per heavy atom. The van der Waals surface area contributed by atoms with Gasteiger partial charge in [0.05, 0.1) is 16.9 Å². The summed E-state index contributed by atoms with van der Waals surface area (Å²) < 4.78 is 7.13. The normalized spacial score (nSPS) is 22.7. The fourth-order valence-electron chi connectivity index (χ4n) is 9.75. The highest BCUT2D eigenvalue weighted by Gasteiger charge is 2.61. The van der Waals surface area contributed by atoms with E-state index in [1.54, 1.807) is 0 Å².